The molecule has 8 heteroatoms. The van der Waals surface area contributed by atoms with Crippen LogP contribution < -0.4 is 10.5 Å². The van der Waals surface area contributed by atoms with Crippen LogP contribution in [0.3, 0.4) is 0 Å². The van der Waals surface area contributed by atoms with Crippen LogP contribution in [0.5, 0.6) is 11.6 Å². The van der Waals surface area contributed by atoms with Crippen LogP contribution in [0.1, 0.15) is 5.56 Å². The van der Waals surface area contributed by atoms with Gasteiger partial charge in [0, 0.05) is 0 Å². The van der Waals surface area contributed by atoms with Crippen LogP contribution in [-0.4, -0.2) is 9.97 Å². The fourth-order valence-electron chi connectivity index (χ4n) is 1.33. The van der Waals surface area contributed by atoms with Crippen molar-refractivity contribution in [3.05, 3.63) is 40.6 Å². The SMILES string of the molecule is Nc1ncnc(Oc2ccccc2C(F)(F)F)c1Br. The first-order valence-corrected chi connectivity index (χ1v) is 5.79. The van der Waals surface area contributed by atoms with Crippen LogP contribution in [0, 0.1) is 0 Å². The molecule has 0 saturated carbocycles. The third kappa shape index (κ3) is 2.95. The summed E-state index contributed by atoms with van der Waals surface area (Å²) in [6.45, 7) is 0. The molecule has 0 spiro atoms. The minimum Gasteiger partial charge on any atom is -0.437 e. The lowest BCUT2D eigenvalue weighted by molar-refractivity contribution is -0.138. The van der Waals surface area contributed by atoms with Gasteiger partial charge in [0.2, 0.25) is 5.88 Å². The van der Waals surface area contributed by atoms with Crippen LogP contribution in [0.15, 0.2) is 35.1 Å². The summed E-state index contributed by atoms with van der Waals surface area (Å²) in [5.41, 5.74) is 4.61. The molecular weight excluding hydrogens is 327 g/mol. The van der Waals surface area contributed by atoms with Gasteiger partial charge in [-0.25, -0.2) is 9.97 Å². The summed E-state index contributed by atoms with van der Waals surface area (Å²) in [6, 6.07) is 4.84. The topological polar surface area (TPSA) is 61.0 Å². The summed E-state index contributed by atoms with van der Waals surface area (Å²) in [5.74, 6) is -0.354. The van der Waals surface area contributed by atoms with E-state index in [1.165, 1.54) is 18.2 Å². The minimum absolute atomic E-state index is 0.0782. The fourth-order valence-corrected chi connectivity index (χ4v) is 1.62. The highest BCUT2D eigenvalue weighted by molar-refractivity contribution is 9.10. The second-order valence-corrected chi connectivity index (χ2v) is 4.27. The highest BCUT2D eigenvalue weighted by Gasteiger charge is 2.34. The zero-order valence-electron chi connectivity index (χ0n) is 9.28. The molecule has 1 aromatic heterocycles. The Labute approximate surface area is 114 Å². The van der Waals surface area contributed by atoms with E-state index in [9.17, 15) is 13.2 Å². The van der Waals surface area contributed by atoms with Crippen molar-refractivity contribution < 1.29 is 17.9 Å². The molecule has 100 valence electrons. The Balaban J connectivity index is 2.42. The third-order valence-corrected chi connectivity index (χ3v) is 2.93. The van der Waals surface area contributed by atoms with E-state index in [1.54, 1.807) is 0 Å². The number of hydrogen-bond acceptors (Lipinski definition) is 4. The third-order valence-electron chi connectivity index (χ3n) is 2.18. The molecule has 2 N–H and O–H groups in total. The summed E-state index contributed by atoms with van der Waals surface area (Å²) < 4.78 is 43.7. The lowest BCUT2D eigenvalue weighted by Crippen LogP contribution is -2.07. The predicted molar refractivity (Wildman–Crippen MR) is 65.7 cm³/mol. The van der Waals surface area contributed by atoms with Crippen LogP contribution in [0.4, 0.5) is 19.0 Å². The first-order valence-electron chi connectivity index (χ1n) is 4.99. The molecule has 2 rings (SSSR count). The highest BCUT2D eigenvalue weighted by atomic mass is 79.9. The number of ether oxygens (including phenoxy) is 1. The molecule has 2 aromatic rings. The maximum absolute atomic E-state index is 12.8. The number of halogens is 4. The van der Waals surface area contributed by atoms with Crippen molar-refractivity contribution in [3.63, 3.8) is 0 Å². The van der Waals surface area contributed by atoms with Crippen molar-refractivity contribution in [2.75, 3.05) is 5.73 Å². The maximum atomic E-state index is 12.8. The van der Waals surface area contributed by atoms with Gasteiger partial charge in [0.1, 0.15) is 22.4 Å². The normalized spacial score (nSPS) is 11.4. The molecule has 0 fully saturated rings. The molecule has 0 aliphatic rings. The number of benzene rings is 1. The first-order chi connectivity index (χ1) is 8.89. The van der Waals surface area contributed by atoms with E-state index in [-0.39, 0.29) is 21.9 Å². The van der Waals surface area contributed by atoms with Crippen LogP contribution >= 0.6 is 15.9 Å². The number of nitrogens with zero attached hydrogens (tertiary/aromatic N) is 2. The van der Waals surface area contributed by atoms with Gasteiger partial charge in [0.25, 0.3) is 0 Å². The van der Waals surface area contributed by atoms with Crippen molar-refractivity contribution in [1.82, 2.24) is 9.97 Å². The molecule has 0 atom stereocenters. The quantitative estimate of drug-likeness (QED) is 0.911. The smallest absolute Gasteiger partial charge is 0.419 e. The zero-order valence-corrected chi connectivity index (χ0v) is 10.9. The molecule has 0 bridgehead atoms. The van der Waals surface area contributed by atoms with E-state index in [1.807, 2.05) is 0 Å². The van der Waals surface area contributed by atoms with Gasteiger partial charge in [-0.05, 0) is 28.1 Å². The molecule has 0 aliphatic carbocycles. The molecule has 1 heterocycles. The summed E-state index contributed by atoms with van der Waals surface area (Å²) in [4.78, 5) is 7.40. The van der Waals surface area contributed by atoms with E-state index in [0.29, 0.717) is 0 Å². The summed E-state index contributed by atoms with van der Waals surface area (Å²) in [6.07, 6.45) is -3.41. The van der Waals surface area contributed by atoms with Gasteiger partial charge in [0.15, 0.2) is 0 Å². The molecular formula is C11H7BrF3N3O. The largest absolute Gasteiger partial charge is 0.437 e. The Morgan fingerprint density at radius 2 is 1.84 bits per heavy atom. The molecule has 0 radical (unpaired) electrons. The summed E-state index contributed by atoms with van der Waals surface area (Å²) in [7, 11) is 0. The molecule has 4 nitrogen and oxygen atoms in total. The average molecular weight is 334 g/mol. The molecule has 0 amide bonds. The number of hydrogen-bond donors (Lipinski definition) is 1. The van der Waals surface area contributed by atoms with Crippen molar-refractivity contribution in [1.29, 1.82) is 0 Å². The maximum Gasteiger partial charge on any atom is 0.419 e. The van der Waals surface area contributed by atoms with Gasteiger partial charge in [-0.3, -0.25) is 0 Å². The Hall–Kier alpha value is -1.83. The predicted octanol–water partition coefficient (Wildman–Crippen LogP) is 3.63. The van der Waals surface area contributed by atoms with E-state index < -0.39 is 11.7 Å². The second-order valence-electron chi connectivity index (χ2n) is 3.47. The van der Waals surface area contributed by atoms with E-state index in [2.05, 4.69) is 25.9 Å². The first kappa shape index (κ1) is 13.6. The standard InChI is InChI=1S/C11H7BrF3N3O/c12-8-9(16)17-5-18-10(8)19-7-4-2-1-3-6(7)11(13,14)15/h1-5H,(H2,16,17,18). The van der Waals surface area contributed by atoms with Crippen LogP contribution in [-0.2, 0) is 6.18 Å². The zero-order chi connectivity index (χ0) is 14.0. The molecule has 0 unspecified atom stereocenters. The molecule has 1 aromatic carbocycles. The molecule has 0 saturated heterocycles. The number of aromatic nitrogens is 2. The number of alkyl halides is 3. The number of para-hydroxylation sites is 1. The number of nitrogen functional groups attached to an aromatic ring is 1. The van der Waals surface area contributed by atoms with Crippen molar-refractivity contribution >= 4 is 21.7 Å². The second kappa shape index (κ2) is 5.04. The van der Waals surface area contributed by atoms with Gasteiger partial charge in [-0.15, -0.1) is 0 Å². The van der Waals surface area contributed by atoms with Gasteiger partial charge in [-0.2, -0.15) is 13.2 Å². The van der Waals surface area contributed by atoms with Crippen molar-refractivity contribution in [2.45, 2.75) is 6.18 Å². The Kier molecular flexibility index (Phi) is 3.61. The lowest BCUT2D eigenvalue weighted by atomic mass is 10.2. The molecule has 0 aliphatic heterocycles. The molecule has 19 heavy (non-hydrogen) atoms. The Morgan fingerprint density at radius 3 is 2.53 bits per heavy atom. The number of nitrogens with two attached hydrogens (primary N) is 1. The monoisotopic (exact) mass is 333 g/mol. The average Bonchev–Trinajstić information content (AvgIpc) is 2.34. The van der Waals surface area contributed by atoms with Crippen LogP contribution in [0.25, 0.3) is 0 Å². The van der Waals surface area contributed by atoms with Crippen molar-refractivity contribution in [3.8, 4) is 11.6 Å². The fraction of sp³-hybridized carbons (Fsp3) is 0.0909. The highest BCUT2D eigenvalue weighted by Crippen LogP contribution is 2.39. The van der Waals surface area contributed by atoms with E-state index in [0.717, 1.165) is 12.4 Å². The van der Waals surface area contributed by atoms with Crippen LogP contribution in [0.2, 0.25) is 0 Å². The van der Waals surface area contributed by atoms with Gasteiger partial charge < -0.3 is 10.5 Å². The summed E-state index contributed by atoms with van der Waals surface area (Å²) in [5, 5.41) is 0. The Morgan fingerprint density at radius 1 is 1.16 bits per heavy atom. The van der Waals surface area contributed by atoms with Gasteiger partial charge in [-0.1, -0.05) is 12.1 Å². The van der Waals surface area contributed by atoms with Crippen molar-refractivity contribution in [2.24, 2.45) is 0 Å². The Bertz CT molecular complexity index is 604. The van der Waals surface area contributed by atoms with Gasteiger partial charge in [0.05, 0.1) is 5.56 Å². The summed E-state index contributed by atoms with van der Waals surface area (Å²) >= 11 is 3.06. The van der Waals surface area contributed by atoms with E-state index in [4.69, 9.17) is 10.5 Å². The number of anilines is 1. The van der Waals surface area contributed by atoms with E-state index >= 15 is 0 Å². The minimum atomic E-state index is -4.51. The lowest BCUT2D eigenvalue weighted by Gasteiger charge is -2.13. The van der Waals surface area contributed by atoms with Gasteiger partial charge >= 0.3 is 6.18 Å². The number of rotatable bonds is 2.